The Kier molecular flexibility index (Phi) is 4.64. The van der Waals surface area contributed by atoms with Gasteiger partial charge < -0.3 is 5.32 Å². The first-order valence-electron chi connectivity index (χ1n) is 4.44. The fourth-order valence-electron chi connectivity index (χ4n) is 1.02. The van der Waals surface area contributed by atoms with Crippen molar-refractivity contribution in [1.29, 1.82) is 0 Å². The molecule has 0 spiro atoms. The first-order chi connectivity index (χ1) is 6.84. The Morgan fingerprint density at radius 2 is 1.93 bits per heavy atom. The molecule has 0 heterocycles. The number of benzene rings is 1. The SMILES string of the molecule is O=C(NCCNC[18F])c1ccccc1. The number of rotatable bonds is 5. The van der Waals surface area contributed by atoms with E-state index < -0.39 is 6.80 Å². The molecule has 0 fully saturated rings. The van der Waals surface area contributed by atoms with E-state index in [2.05, 4.69) is 10.6 Å². The molecule has 0 saturated carbocycles. The number of nitrogens with one attached hydrogen (secondary N) is 2. The minimum absolute atomic E-state index is 0.133. The van der Waals surface area contributed by atoms with Crippen LogP contribution in [0.25, 0.3) is 0 Å². The molecular weight excluding hydrogens is 182 g/mol. The van der Waals surface area contributed by atoms with E-state index >= 15 is 0 Å². The van der Waals surface area contributed by atoms with E-state index in [0.29, 0.717) is 18.7 Å². The van der Waals surface area contributed by atoms with Gasteiger partial charge in [0.25, 0.3) is 5.91 Å². The zero-order valence-electron chi connectivity index (χ0n) is 7.79. The molecule has 14 heavy (non-hydrogen) atoms. The van der Waals surface area contributed by atoms with Crippen LogP contribution in [0, 0.1) is 0 Å². The second kappa shape index (κ2) is 6.10. The number of halogens is 1. The minimum Gasteiger partial charge on any atom is -0.351 e. The van der Waals surface area contributed by atoms with Crippen LogP contribution in [-0.2, 0) is 0 Å². The van der Waals surface area contributed by atoms with Gasteiger partial charge in [-0.05, 0) is 12.1 Å². The van der Waals surface area contributed by atoms with Gasteiger partial charge in [-0.2, -0.15) is 0 Å². The highest BCUT2D eigenvalue weighted by Gasteiger charge is 2.01. The largest absolute Gasteiger partial charge is 0.351 e. The Morgan fingerprint density at radius 3 is 2.57 bits per heavy atom. The fourth-order valence-corrected chi connectivity index (χ4v) is 1.02. The number of carbonyl (C=O) groups is 1. The van der Waals surface area contributed by atoms with Crippen molar-refractivity contribution in [3.05, 3.63) is 35.9 Å². The Balaban J connectivity index is 2.29. The molecule has 0 aliphatic carbocycles. The summed E-state index contributed by atoms with van der Waals surface area (Å²) < 4.78 is 11.6. The maximum Gasteiger partial charge on any atom is 0.251 e. The van der Waals surface area contributed by atoms with E-state index in [1.807, 2.05) is 6.07 Å². The Hall–Kier alpha value is -1.42. The zero-order chi connectivity index (χ0) is 10.2. The summed E-state index contributed by atoms with van der Waals surface area (Å²) in [5.74, 6) is -0.133. The number of amides is 1. The third kappa shape index (κ3) is 3.53. The molecule has 2 N–H and O–H groups in total. The molecule has 1 aromatic carbocycles. The van der Waals surface area contributed by atoms with Gasteiger partial charge in [0, 0.05) is 18.7 Å². The number of hydrogen-bond acceptors (Lipinski definition) is 2. The van der Waals surface area contributed by atoms with Crippen LogP contribution in [0.2, 0.25) is 0 Å². The molecule has 0 saturated heterocycles. The molecule has 0 bridgehead atoms. The van der Waals surface area contributed by atoms with Crippen molar-refractivity contribution in [1.82, 2.24) is 10.6 Å². The van der Waals surface area contributed by atoms with Crippen molar-refractivity contribution in [2.24, 2.45) is 0 Å². The molecule has 1 amide bonds. The van der Waals surface area contributed by atoms with Gasteiger partial charge in [-0.3, -0.25) is 10.1 Å². The lowest BCUT2D eigenvalue weighted by molar-refractivity contribution is 0.0953. The van der Waals surface area contributed by atoms with Gasteiger partial charge >= 0.3 is 0 Å². The van der Waals surface area contributed by atoms with Crippen molar-refractivity contribution < 1.29 is 9.18 Å². The summed E-state index contributed by atoms with van der Waals surface area (Å²) in [4.78, 5) is 11.4. The van der Waals surface area contributed by atoms with E-state index in [4.69, 9.17) is 0 Å². The maximum atomic E-state index is 11.6. The molecule has 4 heteroatoms. The molecule has 0 radical (unpaired) electrons. The molecule has 0 aliphatic rings. The average Bonchev–Trinajstić information content (AvgIpc) is 2.25. The average molecular weight is 195 g/mol. The molecule has 0 unspecified atom stereocenters. The number of alkyl halides is 1. The summed E-state index contributed by atoms with van der Waals surface area (Å²) in [5, 5.41) is 5.14. The summed E-state index contributed by atoms with van der Waals surface area (Å²) in [6.45, 7) is 0.300. The highest BCUT2D eigenvalue weighted by Crippen LogP contribution is 1.96. The highest BCUT2D eigenvalue weighted by atomic mass is 18.2. The number of hydrogen-bond donors (Lipinski definition) is 2. The van der Waals surface area contributed by atoms with Crippen LogP contribution in [0.15, 0.2) is 30.3 Å². The summed E-state index contributed by atoms with van der Waals surface area (Å²) in [6, 6.07) is 8.92. The monoisotopic (exact) mass is 195 g/mol. The molecule has 76 valence electrons. The smallest absolute Gasteiger partial charge is 0.251 e. The normalized spacial score (nSPS) is 9.79. The third-order valence-corrected chi connectivity index (χ3v) is 1.72. The molecule has 0 aromatic heterocycles. The quantitative estimate of drug-likeness (QED) is 0.542. The van der Waals surface area contributed by atoms with Gasteiger partial charge in [-0.15, -0.1) is 0 Å². The Labute approximate surface area is 82.3 Å². The maximum absolute atomic E-state index is 11.6. The van der Waals surface area contributed by atoms with Crippen molar-refractivity contribution in [3.8, 4) is 0 Å². The van der Waals surface area contributed by atoms with E-state index in [1.54, 1.807) is 24.3 Å². The Morgan fingerprint density at radius 1 is 1.21 bits per heavy atom. The van der Waals surface area contributed by atoms with Gasteiger partial charge in [0.05, 0.1) is 0 Å². The summed E-state index contributed by atoms with van der Waals surface area (Å²) >= 11 is 0. The summed E-state index contributed by atoms with van der Waals surface area (Å²) in [5.41, 5.74) is 0.618. The van der Waals surface area contributed by atoms with Crippen molar-refractivity contribution in [3.63, 3.8) is 0 Å². The third-order valence-electron chi connectivity index (χ3n) is 1.72. The van der Waals surface area contributed by atoms with E-state index in [-0.39, 0.29) is 5.91 Å². The number of carbonyl (C=O) groups excluding carboxylic acids is 1. The second-order valence-electron chi connectivity index (χ2n) is 2.76. The minimum atomic E-state index is -0.568. The topological polar surface area (TPSA) is 41.1 Å². The molecule has 1 rings (SSSR count). The van der Waals surface area contributed by atoms with Crippen LogP contribution in [0.4, 0.5) is 4.39 Å². The van der Waals surface area contributed by atoms with Gasteiger partial charge in [0.15, 0.2) is 0 Å². The zero-order valence-corrected chi connectivity index (χ0v) is 7.79. The first-order valence-corrected chi connectivity index (χ1v) is 4.44. The van der Waals surface area contributed by atoms with Crippen LogP contribution in [0.5, 0.6) is 0 Å². The van der Waals surface area contributed by atoms with Gasteiger partial charge in [0.1, 0.15) is 6.80 Å². The predicted octanol–water partition coefficient (Wildman–Crippen LogP) is 0.933. The molecule has 3 nitrogen and oxygen atoms in total. The van der Waals surface area contributed by atoms with Crippen LogP contribution in [0.1, 0.15) is 10.4 Å². The van der Waals surface area contributed by atoms with Crippen LogP contribution in [0.3, 0.4) is 0 Å². The van der Waals surface area contributed by atoms with Gasteiger partial charge in [0.2, 0.25) is 0 Å². The van der Waals surface area contributed by atoms with Crippen LogP contribution in [-0.4, -0.2) is 25.8 Å². The van der Waals surface area contributed by atoms with Crippen molar-refractivity contribution in [2.75, 3.05) is 19.9 Å². The predicted molar refractivity (Wildman–Crippen MR) is 52.8 cm³/mol. The lowest BCUT2D eigenvalue weighted by Crippen LogP contribution is -2.31. The first kappa shape index (κ1) is 10.7. The lowest BCUT2D eigenvalue weighted by atomic mass is 10.2. The standard InChI is InChI=1S/C10H13FN2O/c11-8-12-6-7-13-10(14)9-4-2-1-3-5-9/h1-5,12H,6-8H2,(H,13,14)/i11-1. The second-order valence-corrected chi connectivity index (χ2v) is 2.76. The van der Waals surface area contributed by atoms with Crippen LogP contribution < -0.4 is 10.6 Å². The molecule has 0 atom stereocenters. The fraction of sp³-hybridized carbons (Fsp3) is 0.300. The van der Waals surface area contributed by atoms with E-state index in [1.165, 1.54) is 0 Å². The van der Waals surface area contributed by atoms with Gasteiger partial charge in [-0.1, -0.05) is 18.2 Å². The van der Waals surface area contributed by atoms with E-state index in [0.717, 1.165) is 0 Å². The molecule has 1 aromatic rings. The van der Waals surface area contributed by atoms with Crippen molar-refractivity contribution >= 4 is 5.91 Å². The highest BCUT2D eigenvalue weighted by molar-refractivity contribution is 5.94. The van der Waals surface area contributed by atoms with E-state index in [9.17, 15) is 9.18 Å². The van der Waals surface area contributed by atoms with Gasteiger partial charge in [-0.25, -0.2) is 4.39 Å². The molecule has 0 aliphatic heterocycles. The summed E-state index contributed by atoms with van der Waals surface area (Å²) in [6.07, 6.45) is 0. The lowest BCUT2D eigenvalue weighted by Gasteiger charge is -2.04. The molecular formula is C10H13FN2O. The Bertz CT molecular complexity index is 277. The van der Waals surface area contributed by atoms with Crippen LogP contribution >= 0.6 is 0 Å². The van der Waals surface area contributed by atoms with Crippen molar-refractivity contribution in [2.45, 2.75) is 0 Å². The summed E-state index contributed by atoms with van der Waals surface area (Å²) in [7, 11) is 0.